The van der Waals surface area contributed by atoms with Gasteiger partial charge in [-0.05, 0) is 24.2 Å². The first-order valence-corrected chi connectivity index (χ1v) is 8.78. The Morgan fingerprint density at radius 1 is 1.14 bits per heavy atom. The zero-order chi connectivity index (χ0) is 15.7. The van der Waals surface area contributed by atoms with Crippen LogP contribution in [0.2, 0.25) is 0 Å². The molecule has 2 aliphatic rings. The predicted molar refractivity (Wildman–Crippen MR) is 81.4 cm³/mol. The van der Waals surface area contributed by atoms with Crippen LogP contribution < -0.4 is 0 Å². The van der Waals surface area contributed by atoms with E-state index in [1.807, 2.05) is 50.2 Å². The fourth-order valence-electron chi connectivity index (χ4n) is 3.80. The van der Waals surface area contributed by atoms with Gasteiger partial charge >= 0.3 is 0 Å². The molecule has 2 unspecified atom stereocenters. The molecule has 2 saturated carbocycles. The van der Waals surface area contributed by atoms with E-state index in [2.05, 4.69) is 0 Å². The van der Waals surface area contributed by atoms with E-state index in [0.29, 0.717) is 12.8 Å². The second-order valence-corrected chi connectivity index (χ2v) is 8.00. The van der Waals surface area contributed by atoms with Crippen LogP contribution in [0.3, 0.4) is 0 Å². The lowest BCUT2D eigenvalue weighted by molar-refractivity contribution is -0.128. The van der Waals surface area contributed by atoms with E-state index in [4.69, 9.17) is 4.55 Å². The Morgan fingerprint density at radius 2 is 1.62 bits per heavy atom. The molecule has 0 radical (unpaired) electrons. The van der Waals surface area contributed by atoms with E-state index >= 15 is 0 Å². The second-order valence-electron chi connectivity index (χ2n) is 6.55. The number of fused-ring (bicyclic) bond motifs is 2. The molecule has 4 nitrogen and oxygen atoms in total. The summed E-state index contributed by atoms with van der Waals surface area (Å²) in [6.45, 7) is 3.89. The van der Waals surface area contributed by atoms with Gasteiger partial charge in [0.25, 0.3) is 10.1 Å². The van der Waals surface area contributed by atoms with Crippen LogP contribution in [-0.2, 0) is 14.9 Å². The van der Waals surface area contributed by atoms with Gasteiger partial charge in [-0.3, -0.25) is 9.35 Å². The number of ketones is 1. The van der Waals surface area contributed by atoms with Gasteiger partial charge in [0.15, 0.2) is 0 Å². The summed E-state index contributed by atoms with van der Waals surface area (Å²) in [5, 5.41) is 0. The van der Waals surface area contributed by atoms with Gasteiger partial charge in [0.2, 0.25) is 0 Å². The van der Waals surface area contributed by atoms with E-state index in [1.54, 1.807) is 0 Å². The standard InChI is InChI=1S/C10H16O4S.C6H6/c1-9(2)7-3-4-10(9,8(11)5-7)6-15(12,13)14;1-2-4-6-5-3-1/h7H,3-6H2,1-2H3,(H,12,13,14);1-6H. The summed E-state index contributed by atoms with van der Waals surface area (Å²) >= 11 is 0. The highest BCUT2D eigenvalue weighted by Gasteiger charge is 2.65. The number of carbonyl (C=O) groups excluding carboxylic acids is 1. The summed E-state index contributed by atoms with van der Waals surface area (Å²) < 4.78 is 31.0. The van der Waals surface area contributed by atoms with Gasteiger partial charge in [-0.2, -0.15) is 8.42 Å². The van der Waals surface area contributed by atoms with E-state index in [1.165, 1.54) is 0 Å². The molecule has 21 heavy (non-hydrogen) atoms. The summed E-state index contributed by atoms with van der Waals surface area (Å²) in [6, 6.07) is 12.0. The van der Waals surface area contributed by atoms with Crippen LogP contribution in [0.4, 0.5) is 0 Å². The van der Waals surface area contributed by atoms with Crippen LogP contribution >= 0.6 is 0 Å². The van der Waals surface area contributed by atoms with Crippen molar-refractivity contribution in [1.82, 2.24) is 0 Å². The predicted octanol–water partition coefficient (Wildman–Crippen LogP) is 2.96. The van der Waals surface area contributed by atoms with Crippen molar-refractivity contribution >= 4 is 15.9 Å². The molecule has 0 aliphatic heterocycles. The van der Waals surface area contributed by atoms with E-state index in [0.717, 1.165) is 6.42 Å². The van der Waals surface area contributed by atoms with E-state index < -0.39 is 21.3 Å². The van der Waals surface area contributed by atoms with Gasteiger partial charge in [0, 0.05) is 6.42 Å². The first-order valence-electron chi connectivity index (χ1n) is 7.17. The SMILES string of the molecule is CC1(C)C2CCC1(CS(=O)(=O)O)C(=O)C2.c1ccccc1. The Hall–Kier alpha value is -1.20. The van der Waals surface area contributed by atoms with Crippen LogP contribution in [0.15, 0.2) is 36.4 Å². The van der Waals surface area contributed by atoms with Crippen molar-refractivity contribution in [2.24, 2.45) is 16.7 Å². The highest BCUT2D eigenvalue weighted by Crippen LogP contribution is 2.64. The quantitative estimate of drug-likeness (QED) is 0.853. The van der Waals surface area contributed by atoms with Crippen LogP contribution in [0.25, 0.3) is 0 Å². The van der Waals surface area contributed by atoms with Gasteiger partial charge in [0.1, 0.15) is 5.78 Å². The van der Waals surface area contributed by atoms with Crippen LogP contribution in [-0.4, -0.2) is 24.5 Å². The minimum absolute atomic E-state index is 0.0152. The van der Waals surface area contributed by atoms with Crippen LogP contribution in [0.5, 0.6) is 0 Å². The Morgan fingerprint density at radius 3 is 1.90 bits per heavy atom. The molecular weight excluding hydrogens is 288 g/mol. The molecule has 1 N–H and O–H groups in total. The number of hydrogen-bond acceptors (Lipinski definition) is 3. The van der Waals surface area contributed by atoms with Crippen molar-refractivity contribution in [3.05, 3.63) is 36.4 Å². The van der Waals surface area contributed by atoms with Crippen molar-refractivity contribution in [3.63, 3.8) is 0 Å². The molecule has 1 aromatic rings. The molecule has 0 aromatic heterocycles. The average molecular weight is 310 g/mol. The summed E-state index contributed by atoms with van der Waals surface area (Å²) in [5.74, 6) is -0.101. The molecule has 0 amide bonds. The monoisotopic (exact) mass is 310 g/mol. The maximum absolute atomic E-state index is 11.9. The van der Waals surface area contributed by atoms with Gasteiger partial charge in [-0.1, -0.05) is 50.2 Å². The third kappa shape index (κ3) is 3.04. The number of carbonyl (C=O) groups is 1. The third-order valence-electron chi connectivity index (χ3n) is 5.23. The minimum atomic E-state index is -4.08. The van der Waals surface area contributed by atoms with Gasteiger partial charge in [0.05, 0.1) is 11.2 Å². The molecule has 3 rings (SSSR count). The Balaban J connectivity index is 0.000000225. The molecule has 5 heteroatoms. The van der Waals surface area contributed by atoms with Crippen LogP contribution in [0, 0.1) is 16.7 Å². The molecule has 0 spiro atoms. The van der Waals surface area contributed by atoms with E-state index in [-0.39, 0.29) is 17.1 Å². The minimum Gasteiger partial charge on any atom is -0.299 e. The Kier molecular flexibility index (Phi) is 4.26. The summed E-state index contributed by atoms with van der Waals surface area (Å²) in [6.07, 6.45) is 1.97. The van der Waals surface area contributed by atoms with Gasteiger partial charge < -0.3 is 0 Å². The maximum atomic E-state index is 11.9. The molecule has 2 aliphatic carbocycles. The van der Waals surface area contributed by atoms with Gasteiger partial charge in [-0.25, -0.2) is 0 Å². The number of benzene rings is 1. The maximum Gasteiger partial charge on any atom is 0.265 e. The Bertz CT molecular complexity index is 580. The summed E-state index contributed by atoms with van der Waals surface area (Å²) in [4.78, 5) is 11.9. The van der Waals surface area contributed by atoms with E-state index in [9.17, 15) is 13.2 Å². The molecule has 116 valence electrons. The molecule has 2 bridgehead atoms. The fourth-order valence-corrected chi connectivity index (χ4v) is 5.10. The zero-order valence-electron chi connectivity index (χ0n) is 12.5. The van der Waals surface area contributed by atoms with Gasteiger partial charge in [-0.15, -0.1) is 0 Å². The highest BCUT2D eigenvalue weighted by molar-refractivity contribution is 7.85. The smallest absolute Gasteiger partial charge is 0.265 e. The lowest BCUT2D eigenvalue weighted by Gasteiger charge is -2.35. The normalized spacial score (nSPS) is 29.9. The van der Waals surface area contributed by atoms with Crippen molar-refractivity contribution in [2.75, 3.05) is 5.75 Å². The Labute approximate surface area is 126 Å². The lowest BCUT2D eigenvalue weighted by Crippen LogP contribution is -2.42. The van der Waals surface area contributed by atoms with Crippen LogP contribution in [0.1, 0.15) is 33.1 Å². The molecule has 0 heterocycles. The van der Waals surface area contributed by atoms with Crippen molar-refractivity contribution in [1.29, 1.82) is 0 Å². The molecule has 1 aromatic carbocycles. The highest BCUT2D eigenvalue weighted by atomic mass is 32.2. The lowest BCUT2D eigenvalue weighted by atomic mass is 9.70. The second kappa shape index (κ2) is 5.54. The number of rotatable bonds is 2. The fraction of sp³-hybridized carbons (Fsp3) is 0.562. The van der Waals surface area contributed by atoms with Crippen molar-refractivity contribution in [2.45, 2.75) is 33.1 Å². The largest absolute Gasteiger partial charge is 0.299 e. The molecular formula is C16H22O4S. The topological polar surface area (TPSA) is 71.4 Å². The average Bonchev–Trinajstić information content (AvgIpc) is 2.73. The zero-order valence-corrected chi connectivity index (χ0v) is 13.3. The van der Waals surface area contributed by atoms with Crippen molar-refractivity contribution < 1.29 is 17.8 Å². The first-order chi connectivity index (χ1) is 9.69. The van der Waals surface area contributed by atoms with Crippen molar-refractivity contribution in [3.8, 4) is 0 Å². The number of Topliss-reactive ketones (excluding diaryl/α,β-unsaturated/α-hetero) is 1. The molecule has 2 atom stereocenters. The number of hydrogen-bond donors (Lipinski definition) is 1. The molecule has 0 saturated heterocycles. The third-order valence-corrected chi connectivity index (χ3v) is 6.09. The molecule has 2 fully saturated rings. The summed E-state index contributed by atoms with van der Waals surface area (Å²) in [5.41, 5.74) is -1.12. The first kappa shape index (κ1) is 16.2. The summed E-state index contributed by atoms with van der Waals surface area (Å²) in [7, 11) is -4.08.